The lowest BCUT2D eigenvalue weighted by atomic mass is 9.84. The minimum Gasteiger partial charge on any atom is -0.481 e. The Labute approximate surface area is 224 Å². The van der Waals surface area contributed by atoms with Crippen LogP contribution in [-0.2, 0) is 14.3 Å². The number of hydrogen-bond acceptors (Lipinski definition) is 3. The molecule has 0 aromatic rings. The Morgan fingerprint density at radius 3 is 1.19 bits per heavy atom. The molecule has 0 heterocycles. The molecule has 0 radical (unpaired) electrons. The van der Waals surface area contributed by atoms with Gasteiger partial charge in [0.15, 0.2) is 0 Å². The molecule has 0 bridgehead atoms. The number of carbonyl (C=O) groups excluding carboxylic acids is 1. The summed E-state index contributed by atoms with van der Waals surface area (Å²) in [5.41, 5.74) is -0.317. The molecule has 0 rings (SSSR count). The SMILES string of the molecule is CCCCCCCCCC(CCCCCCCC)(CCCCCCCC)OC(=O)CCCCC(=O)O. The first kappa shape index (κ1) is 34.9. The topological polar surface area (TPSA) is 63.6 Å². The highest BCUT2D eigenvalue weighted by Crippen LogP contribution is 2.34. The summed E-state index contributed by atoms with van der Waals surface area (Å²) < 4.78 is 6.36. The Hall–Kier alpha value is -1.06. The van der Waals surface area contributed by atoms with Gasteiger partial charge in [-0.25, -0.2) is 0 Å². The molecule has 4 nitrogen and oxygen atoms in total. The summed E-state index contributed by atoms with van der Waals surface area (Å²) in [6.07, 6.45) is 28.6. The van der Waals surface area contributed by atoms with Crippen molar-refractivity contribution in [1.82, 2.24) is 0 Å². The number of carboxylic acid groups (broad SMARTS) is 1. The molecule has 0 amide bonds. The van der Waals surface area contributed by atoms with Crippen molar-refractivity contribution in [3.63, 3.8) is 0 Å². The first-order valence-electron chi connectivity index (χ1n) is 15.9. The van der Waals surface area contributed by atoms with Crippen LogP contribution in [0.4, 0.5) is 0 Å². The van der Waals surface area contributed by atoms with E-state index < -0.39 is 5.97 Å². The van der Waals surface area contributed by atoms with Crippen molar-refractivity contribution in [2.24, 2.45) is 0 Å². The molecule has 0 unspecified atom stereocenters. The van der Waals surface area contributed by atoms with Gasteiger partial charge in [0, 0.05) is 12.8 Å². The van der Waals surface area contributed by atoms with Crippen molar-refractivity contribution < 1.29 is 19.4 Å². The molecule has 4 heteroatoms. The molecule has 1 N–H and O–H groups in total. The summed E-state index contributed by atoms with van der Waals surface area (Å²) in [6, 6.07) is 0. The van der Waals surface area contributed by atoms with Crippen LogP contribution in [0.3, 0.4) is 0 Å². The van der Waals surface area contributed by atoms with Crippen molar-refractivity contribution in [2.45, 2.75) is 193 Å². The Bertz CT molecular complexity index is 486. The fraction of sp³-hybridized carbons (Fsp3) is 0.938. The van der Waals surface area contributed by atoms with Crippen molar-refractivity contribution in [3.8, 4) is 0 Å². The molecule has 0 aliphatic heterocycles. The van der Waals surface area contributed by atoms with Gasteiger partial charge in [-0.3, -0.25) is 9.59 Å². The predicted molar refractivity (Wildman–Crippen MR) is 154 cm³/mol. The normalized spacial score (nSPS) is 11.6. The standard InChI is InChI=1S/C32H62O4/c1-4-7-10-13-16-19-24-29-32(27-22-17-14-11-8-5-2,28-23-18-15-12-9-6-3)36-31(35)26-21-20-25-30(33)34/h4-29H2,1-3H3,(H,33,34). The molecule has 0 saturated carbocycles. The van der Waals surface area contributed by atoms with Crippen LogP contribution >= 0.6 is 0 Å². The summed E-state index contributed by atoms with van der Waals surface area (Å²) in [7, 11) is 0. The van der Waals surface area contributed by atoms with Gasteiger partial charge < -0.3 is 9.84 Å². The van der Waals surface area contributed by atoms with Crippen molar-refractivity contribution in [3.05, 3.63) is 0 Å². The number of hydrogen-bond donors (Lipinski definition) is 1. The molecular formula is C32H62O4. The maximum absolute atomic E-state index is 12.9. The molecule has 0 saturated heterocycles. The lowest BCUT2D eigenvalue weighted by Gasteiger charge is -2.34. The van der Waals surface area contributed by atoms with E-state index in [0.29, 0.717) is 19.3 Å². The largest absolute Gasteiger partial charge is 0.481 e. The lowest BCUT2D eigenvalue weighted by Crippen LogP contribution is -2.35. The Morgan fingerprint density at radius 1 is 0.500 bits per heavy atom. The van der Waals surface area contributed by atoms with Gasteiger partial charge >= 0.3 is 11.9 Å². The molecule has 0 aromatic carbocycles. The Morgan fingerprint density at radius 2 is 0.833 bits per heavy atom. The van der Waals surface area contributed by atoms with Crippen LogP contribution in [0, 0.1) is 0 Å². The van der Waals surface area contributed by atoms with Gasteiger partial charge in [0.25, 0.3) is 0 Å². The average Bonchev–Trinajstić information content (AvgIpc) is 2.85. The fourth-order valence-corrected chi connectivity index (χ4v) is 5.23. The maximum Gasteiger partial charge on any atom is 0.306 e. The van der Waals surface area contributed by atoms with E-state index in [1.807, 2.05) is 0 Å². The highest BCUT2D eigenvalue weighted by atomic mass is 16.6. The van der Waals surface area contributed by atoms with Crippen LogP contribution in [0.5, 0.6) is 0 Å². The third kappa shape index (κ3) is 22.2. The van der Waals surface area contributed by atoms with Crippen LogP contribution in [0.1, 0.15) is 188 Å². The summed E-state index contributed by atoms with van der Waals surface area (Å²) >= 11 is 0. The van der Waals surface area contributed by atoms with Crippen LogP contribution in [-0.4, -0.2) is 22.6 Å². The van der Waals surface area contributed by atoms with E-state index in [-0.39, 0.29) is 18.0 Å². The first-order chi connectivity index (χ1) is 17.5. The predicted octanol–water partition coefficient (Wildman–Crippen LogP) is 10.6. The van der Waals surface area contributed by atoms with Crippen LogP contribution in [0.2, 0.25) is 0 Å². The van der Waals surface area contributed by atoms with E-state index in [0.717, 1.165) is 38.5 Å². The van der Waals surface area contributed by atoms with Crippen LogP contribution < -0.4 is 0 Å². The number of ether oxygens (including phenoxy) is 1. The van der Waals surface area contributed by atoms with E-state index >= 15 is 0 Å². The van der Waals surface area contributed by atoms with Gasteiger partial charge in [-0.1, -0.05) is 124 Å². The number of rotatable bonds is 28. The summed E-state index contributed by atoms with van der Waals surface area (Å²) in [6.45, 7) is 6.77. The monoisotopic (exact) mass is 510 g/mol. The third-order valence-electron chi connectivity index (χ3n) is 7.56. The second-order valence-corrected chi connectivity index (χ2v) is 11.2. The molecule has 0 aromatic heterocycles. The first-order valence-corrected chi connectivity index (χ1v) is 15.9. The van der Waals surface area contributed by atoms with E-state index in [1.54, 1.807) is 0 Å². The zero-order valence-corrected chi connectivity index (χ0v) is 24.6. The van der Waals surface area contributed by atoms with E-state index in [4.69, 9.17) is 9.84 Å². The zero-order chi connectivity index (χ0) is 26.7. The highest BCUT2D eigenvalue weighted by Gasteiger charge is 2.32. The molecular weight excluding hydrogens is 448 g/mol. The van der Waals surface area contributed by atoms with Crippen LogP contribution in [0.25, 0.3) is 0 Å². The number of carboxylic acids is 1. The minimum absolute atomic E-state index is 0.111. The van der Waals surface area contributed by atoms with Gasteiger partial charge in [0.2, 0.25) is 0 Å². The molecule has 0 fully saturated rings. The summed E-state index contributed by atoms with van der Waals surface area (Å²) in [4.78, 5) is 23.7. The number of esters is 1. The maximum atomic E-state index is 12.9. The molecule has 0 atom stereocenters. The Balaban J connectivity index is 5.01. The second kappa shape index (κ2) is 25.6. The number of aliphatic carboxylic acids is 1. The van der Waals surface area contributed by atoms with Crippen LogP contribution in [0.15, 0.2) is 0 Å². The van der Waals surface area contributed by atoms with Crippen molar-refractivity contribution in [2.75, 3.05) is 0 Å². The second-order valence-electron chi connectivity index (χ2n) is 11.2. The van der Waals surface area contributed by atoms with E-state index in [2.05, 4.69) is 20.8 Å². The molecule has 0 aliphatic carbocycles. The molecule has 0 spiro atoms. The highest BCUT2D eigenvalue weighted by molar-refractivity contribution is 5.70. The number of unbranched alkanes of at least 4 members (excludes halogenated alkanes) is 17. The molecule has 0 aliphatic rings. The van der Waals surface area contributed by atoms with Gasteiger partial charge in [-0.05, 0) is 51.4 Å². The van der Waals surface area contributed by atoms with Gasteiger partial charge in [0.1, 0.15) is 5.60 Å². The Kier molecular flexibility index (Phi) is 24.8. The fourth-order valence-electron chi connectivity index (χ4n) is 5.23. The number of carbonyl (C=O) groups is 2. The summed E-state index contributed by atoms with van der Waals surface area (Å²) in [5, 5.41) is 8.89. The van der Waals surface area contributed by atoms with Gasteiger partial charge in [-0.2, -0.15) is 0 Å². The van der Waals surface area contributed by atoms with E-state index in [9.17, 15) is 9.59 Å². The quantitative estimate of drug-likeness (QED) is 0.0839. The van der Waals surface area contributed by atoms with E-state index in [1.165, 1.54) is 103 Å². The van der Waals surface area contributed by atoms with Crippen molar-refractivity contribution in [1.29, 1.82) is 0 Å². The van der Waals surface area contributed by atoms with Crippen molar-refractivity contribution >= 4 is 11.9 Å². The van der Waals surface area contributed by atoms with Gasteiger partial charge in [-0.15, -0.1) is 0 Å². The molecule has 36 heavy (non-hydrogen) atoms. The van der Waals surface area contributed by atoms with Gasteiger partial charge in [0.05, 0.1) is 0 Å². The smallest absolute Gasteiger partial charge is 0.306 e. The molecule has 214 valence electrons. The minimum atomic E-state index is -0.789. The zero-order valence-electron chi connectivity index (χ0n) is 24.6. The summed E-state index contributed by atoms with van der Waals surface area (Å²) in [5.74, 6) is -0.900. The lowest BCUT2D eigenvalue weighted by molar-refractivity contribution is -0.163. The third-order valence-corrected chi connectivity index (χ3v) is 7.56. The average molecular weight is 511 g/mol.